The van der Waals surface area contributed by atoms with E-state index in [1.807, 2.05) is 36.4 Å². The number of carbonyl (C=O) groups excluding carboxylic acids is 1. The van der Waals surface area contributed by atoms with E-state index in [1.165, 1.54) is 31.9 Å². The highest BCUT2D eigenvalue weighted by molar-refractivity contribution is 5.99. The number of amides is 2. The summed E-state index contributed by atoms with van der Waals surface area (Å²) in [5.41, 5.74) is 2.44. The third-order valence-electron chi connectivity index (χ3n) is 4.78. The Hall–Kier alpha value is -3.35. The molecule has 0 unspecified atom stereocenters. The molecule has 1 aromatic carbocycles. The lowest BCUT2D eigenvalue weighted by Crippen LogP contribution is -2.25. The number of rotatable bonds is 4. The second-order valence-corrected chi connectivity index (χ2v) is 6.81. The van der Waals surface area contributed by atoms with Crippen molar-refractivity contribution in [3.8, 4) is 11.3 Å². The van der Waals surface area contributed by atoms with E-state index in [9.17, 15) is 4.79 Å². The molecule has 7 heteroatoms. The fourth-order valence-electron chi connectivity index (χ4n) is 3.30. The fourth-order valence-corrected chi connectivity index (χ4v) is 3.30. The Labute approximate surface area is 163 Å². The number of furan rings is 1. The molecule has 3 heterocycles. The van der Waals surface area contributed by atoms with Crippen LogP contribution in [0.4, 0.5) is 22.2 Å². The van der Waals surface area contributed by atoms with Gasteiger partial charge in [-0.25, -0.2) is 4.79 Å². The van der Waals surface area contributed by atoms with Gasteiger partial charge in [-0.2, -0.15) is 0 Å². The van der Waals surface area contributed by atoms with Crippen LogP contribution in [0.3, 0.4) is 0 Å². The van der Waals surface area contributed by atoms with Crippen molar-refractivity contribution in [2.45, 2.75) is 25.7 Å². The molecule has 0 aliphatic carbocycles. The third kappa shape index (κ3) is 4.49. The maximum absolute atomic E-state index is 11.9. The first-order valence-electron chi connectivity index (χ1n) is 9.58. The molecule has 1 saturated heterocycles. The largest absolute Gasteiger partial charge is 0.449 e. The molecule has 2 amide bonds. The van der Waals surface area contributed by atoms with Gasteiger partial charge in [0, 0.05) is 30.4 Å². The Kier molecular flexibility index (Phi) is 5.51. The summed E-state index contributed by atoms with van der Waals surface area (Å²) in [7, 11) is 0. The highest BCUT2D eigenvalue weighted by Crippen LogP contribution is 2.22. The Morgan fingerprint density at radius 2 is 1.68 bits per heavy atom. The van der Waals surface area contributed by atoms with Crippen LogP contribution in [0.1, 0.15) is 25.7 Å². The monoisotopic (exact) mass is 377 g/mol. The summed E-state index contributed by atoms with van der Waals surface area (Å²) in [6, 6.07) is 14.6. The molecule has 1 fully saturated rings. The van der Waals surface area contributed by atoms with Gasteiger partial charge in [0.25, 0.3) is 0 Å². The zero-order chi connectivity index (χ0) is 19.2. The average Bonchev–Trinajstić information content (AvgIpc) is 3.08. The number of nitrogens with one attached hydrogen (secondary N) is 2. The first kappa shape index (κ1) is 18.0. The molecular formula is C21H23N5O2. The van der Waals surface area contributed by atoms with E-state index in [4.69, 9.17) is 4.42 Å². The minimum Gasteiger partial charge on any atom is -0.449 e. The summed E-state index contributed by atoms with van der Waals surface area (Å²) in [5, 5.41) is 14.2. The lowest BCUT2D eigenvalue weighted by Gasteiger charge is -2.20. The molecule has 144 valence electrons. The molecule has 1 aliphatic rings. The van der Waals surface area contributed by atoms with E-state index < -0.39 is 0 Å². The number of carbonyl (C=O) groups is 1. The average molecular weight is 377 g/mol. The Morgan fingerprint density at radius 3 is 2.32 bits per heavy atom. The minimum atomic E-state index is -0.357. The van der Waals surface area contributed by atoms with Crippen molar-refractivity contribution in [1.82, 2.24) is 10.2 Å². The summed E-state index contributed by atoms with van der Waals surface area (Å²) < 4.78 is 5.09. The van der Waals surface area contributed by atoms with Crippen LogP contribution in [0, 0.1) is 0 Å². The molecule has 0 bridgehead atoms. The highest BCUT2D eigenvalue weighted by Gasteiger charge is 2.12. The van der Waals surface area contributed by atoms with Crippen molar-refractivity contribution in [2.24, 2.45) is 0 Å². The molecule has 2 N–H and O–H groups in total. The number of urea groups is 1. The molecule has 3 aromatic rings. The van der Waals surface area contributed by atoms with E-state index in [2.05, 4.69) is 25.7 Å². The van der Waals surface area contributed by atoms with E-state index in [0.29, 0.717) is 11.6 Å². The second-order valence-electron chi connectivity index (χ2n) is 6.81. The zero-order valence-electron chi connectivity index (χ0n) is 15.6. The number of hydrogen-bond acceptors (Lipinski definition) is 5. The smallest absolute Gasteiger partial charge is 0.326 e. The quantitative estimate of drug-likeness (QED) is 0.685. The lowest BCUT2D eigenvalue weighted by atomic mass is 10.1. The van der Waals surface area contributed by atoms with E-state index in [-0.39, 0.29) is 6.03 Å². The van der Waals surface area contributed by atoms with Gasteiger partial charge in [0.2, 0.25) is 5.88 Å². The summed E-state index contributed by atoms with van der Waals surface area (Å²) in [6.45, 7) is 2.10. The summed E-state index contributed by atoms with van der Waals surface area (Å²) in [5.74, 6) is 1.34. The van der Waals surface area contributed by atoms with Crippen molar-refractivity contribution >= 4 is 23.4 Å². The number of anilines is 3. The van der Waals surface area contributed by atoms with Gasteiger partial charge in [-0.15, -0.1) is 10.2 Å². The van der Waals surface area contributed by atoms with Gasteiger partial charge in [-0.1, -0.05) is 25.0 Å². The molecule has 2 aromatic heterocycles. The van der Waals surface area contributed by atoms with Gasteiger partial charge in [-0.05, 0) is 43.2 Å². The van der Waals surface area contributed by atoms with Crippen molar-refractivity contribution in [3.05, 3.63) is 54.8 Å². The predicted octanol–water partition coefficient (Wildman–Crippen LogP) is 4.76. The maximum Gasteiger partial charge on any atom is 0.326 e. The van der Waals surface area contributed by atoms with Crippen molar-refractivity contribution in [2.75, 3.05) is 28.6 Å². The molecule has 0 spiro atoms. The van der Waals surface area contributed by atoms with Gasteiger partial charge < -0.3 is 14.6 Å². The Balaban J connectivity index is 1.38. The molecule has 0 saturated carbocycles. The van der Waals surface area contributed by atoms with Crippen LogP contribution < -0.4 is 15.5 Å². The van der Waals surface area contributed by atoms with Gasteiger partial charge in [0.15, 0.2) is 5.82 Å². The number of benzene rings is 1. The summed E-state index contributed by atoms with van der Waals surface area (Å²) in [6.07, 6.45) is 6.52. The number of nitrogens with zero attached hydrogens (tertiary/aromatic N) is 3. The molecule has 7 nitrogen and oxygen atoms in total. The van der Waals surface area contributed by atoms with Crippen LogP contribution in [0.15, 0.2) is 59.2 Å². The molecule has 1 aliphatic heterocycles. The molecule has 28 heavy (non-hydrogen) atoms. The SMILES string of the molecule is O=C(Nc1ccc(-c2ccc(N3CCCCCC3)nn2)cc1)Nc1ccco1. The third-order valence-corrected chi connectivity index (χ3v) is 4.78. The van der Waals surface area contributed by atoms with Crippen molar-refractivity contribution in [1.29, 1.82) is 0 Å². The normalized spacial score (nSPS) is 14.4. The first-order chi connectivity index (χ1) is 13.8. The molecular weight excluding hydrogens is 354 g/mol. The van der Waals surface area contributed by atoms with Crippen LogP contribution in [0.25, 0.3) is 11.3 Å². The Morgan fingerprint density at radius 1 is 0.893 bits per heavy atom. The van der Waals surface area contributed by atoms with Crippen molar-refractivity contribution in [3.63, 3.8) is 0 Å². The van der Waals surface area contributed by atoms with E-state index >= 15 is 0 Å². The van der Waals surface area contributed by atoms with Gasteiger partial charge >= 0.3 is 6.03 Å². The highest BCUT2D eigenvalue weighted by atomic mass is 16.3. The zero-order valence-corrected chi connectivity index (χ0v) is 15.6. The number of hydrogen-bond donors (Lipinski definition) is 2. The topological polar surface area (TPSA) is 83.3 Å². The minimum absolute atomic E-state index is 0.357. The maximum atomic E-state index is 11.9. The van der Waals surface area contributed by atoms with E-state index in [1.54, 1.807) is 12.1 Å². The van der Waals surface area contributed by atoms with E-state index in [0.717, 1.165) is 30.2 Å². The fraction of sp³-hybridized carbons (Fsp3) is 0.286. The van der Waals surface area contributed by atoms with Crippen LogP contribution in [0.2, 0.25) is 0 Å². The van der Waals surface area contributed by atoms with Gasteiger partial charge in [0.1, 0.15) is 0 Å². The predicted molar refractivity (Wildman–Crippen MR) is 109 cm³/mol. The van der Waals surface area contributed by atoms with Crippen LogP contribution in [-0.2, 0) is 0 Å². The molecule has 0 atom stereocenters. The lowest BCUT2D eigenvalue weighted by molar-refractivity contribution is 0.261. The molecule has 4 rings (SSSR count). The summed E-state index contributed by atoms with van der Waals surface area (Å²) >= 11 is 0. The van der Waals surface area contributed by atoms with Gasteiger partial charge in [-0.3, -0.25) is 5.32 Å². The van der Waals surface area contributed by atoms with Crippen LogP contribution in [-0.4, -0.2) is 29.3 Å². The number of aromatic nitrogens is 2. The summed E-state index contributed by atoms with van der Waals surface area (Å²) in [4.78, 5) is 14.3. The van der Waals surface area contributed by atoms with Gasteiger partial charge in [0.05, 0.1) is 12.0 Å². The standard InChI is InChI=1S/C21H23N5O2/c27-21(23-20-6-5-15-28-20)22-17-9-7-16(8-10-17)18-11-12-19(25-24-18)26-13-3-1-2-4-14-26/h5-12,15H,1-4,13-14H2,(H2,22,23,27). The van der Waals surface area contributed by atoms with Crippen molar-refractivity contribution < 1.29 is 9.21 Å². The molecule has 0 radical (unpaired) electrons. The first-order valence-corrected chi connectivity index (χ1v) is 9.58. The Bertz CT molecular complexity index is 884. The van der Waals surface area contributed by atoms with Crippen LogP contribution in [0.5, 0.6) is 0 Å². The van der Waals surface area contributed by atoms with Crippen LogP contribution >= 0.6 is 0 Å². The second kappa shape index (κ2) is 8.56.